The lowest BCUT2D eigenvalue weighted by atomic mass is 10.1. The summed E-state index contributed by atoms with van der Waals surface area (Å²) in [4.78, 5) is 29.6. The predicted molar refractivity (Wildman–Crippen MR) is 118 cm³/mol. The summed E-state index contributed by atoms with van der Waals surface area (Å²) in [5.41, 5.74) is 1.43. The van der Waals surface area contributed by atoms with Gasteiger partial charge in [0.25, 0.3) is 5.56 Å². The second kappa shape index (κ2) is 8.36. The molecule has 0 saturated carbocycles. The molecule has 0 spiro atoms. The van der Waals surface area contributed by atoms with E-state index in [0.29, 0.717) is 5.65 Å². The lowest BCUT2D eigenvalue weighted by molar-refractivity contribution is -0.137. The van der Waals surface area contributed by atoms with E-state index in [9.17, 15) is 22.8 Å². The second-order valence-corrected chi connectivity index (χ2v) is 7.91. The van der Waals surface area contributed by atoms with Crippen molar-refractivity contribution in [2.45, 2.75) is 26.6 Å². The van der Waals surface area contributed by atoms with E-state index >= 15 is 0 Å². The van der Waals surface area contributed by atoms with Gasteiger partial charge in [0.15, 0.2) is 5.65 Å². The summed E-state index contributed by atoms with van der Waals surface area (Å²) in [6.45, 7) is 3.41. The molecule has 2 aromatic heterocycles. The zero-order chi connectivity index (χ0) is 23.9. The fourth-order valence-electron chi connectivity index (χ4n) is 3.42. The van der Waals surface area contributed by atoms with Crippen molar-refractivity contribution >= 4 is 34.2 Å². The number of carbonyl (C=O) groups excluding carboxylic acids is 1. The third-order valence-electron chi connectivity index (χ3n) is 5.02. The molecule has 0 saturated heterocycles. The summed E-state index contributed by atoms with van der Waals surface area (Å²) in [5.74, 6) is -0.735. The number of hydrogen-bond acceptors (Lipinski definition) is 4. The summed E-state index contributed by atoms with van der Waals surface area (Å²) >= 11 is 5.91. The number of aromatic nitrogens is 4. The second-order valence-electron chi connectivity index (χ2n) is 7.50. The van der Waals surface area contributed by atoms with Crippen molar-refractivity contribution in [2.24, 2.45) is 0 Å². The van der Waals surface area contributed by atoms with Crippen LogP contribution in [0.15, 0.2) is 53.7 Å². The number of nitrogens with zero attached hydrogens (tertiary/aromatic N) is 4. The molecule has 33 heavy (non-hydrogen) atoms. The molecule has 4 rings (SSSR count). The van der Waals surface area contributed by atoms with Gasteiger partial charge in [-0.2, -0.15) is 18.3 Å². The minimum atomic E-state index is -4.59. The SMILES string of the molecule is Cc1ccc(-n2ncc3c(=O)n(CC(=O)Nc4cc(C(F)(F)F)ccc4Cl)cnc32)c(C)c1. The Bertz CT molecular complexity index is 1440. The molecule has 7 nitrogen and oxygen atoms in total. The highest BCUT2D eigenvalue weighted by atomic mass is 35.5. The van der Waals surface area contributed by atoms with Gasteiger partial charge in [0.1, 0.15) is 18.3 Å². The molecule has 170 valence electrons. The molecule has 11 heteroatoms. The van der Waals surface area contributed by atoms with Crippen LogP contribution in [-0.2, 0) is 17.5 Å². The van der Waals surface area contributed by atoms with Crippen molar-refractivity contribution in [1.82, 2.24) is 19.3 Å². The normalized spacial score (nSPS) is 11.7. The van der Waals surface area contributed by atoms with E-state index in [1.54, 1.807) is 4.68 Å². The molecule has 0 radical (unpaired) electrons. The summed E-state index contributed by atoms with van der Waals surface area (Å²) < 4.78 is 41.4. The minimum absolute atomic E-state index is 0.0629. The molecule has 2 aromatic carbocycles. The van der Waals surface area contributed by atoms with Crippen molar-refractivity contribution in [2.75, 3.05) is 5.32 Å². The summed E-state index contributed by atoms with van der Waals surface area (Å²) in [7, 11) is 0. The van der Waals surface area contributed by atoms with Gasteiger partial charge in [0, 0.05) is 0 Å². The fourth-order valence-corrected chi connectivity index (χ4v) is 3.59. The monoisotopic (exact) mass is 475 g/mol. The number of nitrogens with one attached hydrogen (secondary N) is 1. The van der Waals surface area contributed by atoms with Crippen molar-refractivity contribution in [1.29, 1.82) is 0 Å². The number of halogens is 4. The number of rotatable bonds is 4. The Labute approximate surface area is 190 Å². The highest BCUT2D eigenvalue weighted by Crippen LogP contribution is 2.33. The molecule has 0 aliphatic heterocycles. The number of hydrogen-bond donors (Lipinski definition) is 1. The average molecular weight is 476 g/mol. The molecular weight excluding hydrogens is 459 g/mol. The average Bonchev–Trinajstić information content (AvgIpc) is 3.15. The van der Waals surface area contributed by atoms with Gasteiger partial charge in [0.05, 0.1) is 28.2 Å². The molecule has 2 heterocycles. The smallest absolute Gasteiger partial charge is 0.323 e. The van der Waals surface area contributed by atoms with Gasteiger partial charge in [0.2, 0.25) is 5.91 Å². The van der Waals surface area contributed by atoms with E-state index in [4.69, 9.17) is 11.6 Å². The third kappa shape index (κ3) is 4.47. The van der Waals surface area contributed by atoms with Gasteiger partial charge in [-0.25, -0.2) is 9.67 Å². The first kappa shape index (κ1) is 22.5. The number of alkyl halides is 3. The van der Waals surface area contributed by atoms with Crippen LogP contribution in [0.1, 0.15) is 16.7 Å². The first-order chi connectivity index (χ1) is 15.5. The van der Waals surface area contributed by atoms with Crippen LogP contribution in [0.25, 0.3) is 16.7 Å². The molecular formula is C22H17ClF3N5O2. The van der Waals surface area contributed by atoms with Gasteiger partial charge in [-0.15, -0.1) is 0 Å². The molecule has 1 amide bonds. The number of fused-ring (bicyclic) bond motifs is 1. The van der Waals surface area contributed by atoms with Crippen LogP contribution in [0.2, 0.25) is 5.02 Å². The summed E-state index contributed by atoms with van der Waals surface area (Å²) in [6, 6.07) is 8.36. The van der Waals surface area contributed by atoms with Crippen LogP contribution in [0.3, 0.4) is 0 Å². The van der Waals surface area contributed by atoms with Gasteiger partial charge in [-0.1, -0.05) is 29.3 Å². The number of carbonyl (C=O) groups is 1. The Hall–Kier alpha value is -3.66. The minimum Gasteiger partial charge on any atom is -0.323 e. The Morgan fingerprint density at radius 1 is 1.15 bits per heavy atom. The molecule has 4 aromatic rings. The van der Waals surface area contributed by atoms with E-state index in [0.717, 1.165) is 39.6 Å². The first-order valence-electron chi connectivity index (χ1n) is 9.72. The Morgan fingerprint density at radius 3 is 2.61 bits per heavy atom. The van der Waals surface area contributed by atoms with Crippen LogP contribution in [0.4, 0.5) is 18.9 Å². The van der Waals surface area contributed by atoms with Crippen molar-refractivity contribution in [3.63, 3.8) is 0 Å². The van der Waals surface area contributed by atoms with Crippen molar-refractivity contribution in [3.05, 3.63) is 81.0 Å². The highest BCUT2D eigenvalue weighted by Gasteiger charge is 2.31. The Balaban J connectivity index is 1.61. The van der Waals surface area contributed by atoms with Crippen LogP contribution in [0.5, 0.6) is 0 Å². The zero-order valence-corrected chi connectivity index (χ0v) is 18.2. The Kier molecular flexibility index (Phi) is 5.71. The molecule has 0 unspecified atom stereocenters. The Morgan fingerprint density at radius 2 is 1.91 bits per heavy atom. The first-order valence-corrected chi connectivity index (χ1v) is 10.1. The van der Waals surface area contributed by atoms with Crippen LogP contribution < -0.4 is 10.9 Å². The molecule has 0 atom stereocenters. The summed E-state index contributed by atoms with van der Waals surface area (Å²) in [5, 5.41) is 6.71. The molecule has 1 N–H and O–H groups in total. The highest BCUT2D eigenvalue weighted by molar-refractivity contribution is 6.33. The van der Waals surface area contributed by atoms with Crippen molar-refractivity contribution in [3.8, 4) is 5.69 Å². The molecule has 0 aliphatic carbocycles. The number of anilines is 1. The van der Waals surface area contributed by atoms with Crippen LogP contribution in [0, 0.1) is 13.8 Å². The lowest BCUT2D eigenvalue weighted by Gasteiger charge is -2.12. The molecule has 0 aliphatic rings. The molecule has 0 bridgehead atoms. The van der Waals surface area contributed by atoms with E-state index in [-0.39, 0.29) is 16.1 Å². The van der Waals surface area contributed by atoms with E-state index in [1.807, 2.05) is 32.0 Å². The predicted octanol–water partition coefficient (Wildman–Crippen LogP) is 4.51. The van der Waals surface area contributed by atoms with Crippen LogP contribution >= 0.6 is 11.6 Å². The van der Waals surface area contributed by atoms with Gasteiger partial charge < -0.3 is 5.32 Å². The standard InChI is InChI=1S/C22H17ClF3N5O2/c1-12-3-6-18(13(2)7-12)31-20-15(9-28-31)21(33)30(11-27-20)10-19(32)29-17-8-14(22(24,25)26)4-5-16(17)23/h3-9,11H,10H2,1-2H3,(H,29,32). The third-order valence-corrected chi connectivity index (χ3v) is 5.35. The number of amides is 1. The fraction of sp³-hybridized carbons (Fsp3) is 0.182. The van der Waals surface area contributed by atoms with E-state index in [1.165, 1.54) is 12.5 Å². The topological polar surface area (TPSA) is 81.8 Å². The van der Waals surface area contributed by atoms with Crippen molar-refractivity contribution < 1.29 is 18.0 Å². The molecule has 0 fully saturated rings. The van der Waals surface area contributed by atoms with Crippen LogP contribution in [-0.4, -0.2) is 25.2 Å². The van der Waals surface area contributed by atoms with Gasteiger partial charge >= 0.3 is 6.18 Å². The maximum Gasteiger partial charge on any atom is 0.416 e. The maximum absolute atomic E-state index is 12.9. The lowest BCUT2D eigenvalue weighted by Crippen LogP contribution is -2.28. The number of aryl methyl sites for hydroxylation is 2. The van der Waals surface area contributed by atoms with E-state index in [2.05, 4.69) is 15.4 Å². The largest absolute Gasteiger partial charge is 0.416 e. The van der Waals surface area contributed by atoms with E-state index < -0.39 is 29.8 Å². The quantitative estimate of drug-likeness (QED) is 0.471. The summed E-state index contributed by atoms with van der Waals surface area (Å²) in [6.07, 6.45) is -2.03. The van der Waals surface area contributed by atoms with Gasteiger partial charge in [-0.3, -0.25) is 14.2 Å². The maximum atomic E-state index is 12.9. The zero-order valence-electron chi connectivity index (χ0n) is 17.4. The van der Waals surface area contributed by atoms with Gasteiger partial charge in [-0.05, 0) is 43.7 Å². The number of benzene rings is 2.